The summed E-state index contributed by atoms with van der Waals surface area (Å²) in [6, 6.07) is 3.48. The summed E-state index contributed by atoms with van der Waals surface area (Å²) in [6.07, 6.45) is 0. The SMILES string of the molecule is COc1cc(C(N)=S)cc2c1OCO2. The van der Waals surface area contributed by atoms with E-state index >= 15 is 0 Å². The molecule has 2 rings (SSSR count). The van der Waals surface area contributed by atoms with Crippen LogP contribution in [0.1, 0.15) is 5.56 Å². The fourth-order valence-electron chi connectivity index (χ4n) is 1.27. The van der Waals surface area contributed by atoms with Crippen molar-refractivity contribution in [2.45, 2.75) is 0 Å². The molecule has 0 bridgehead atoms. The molecule has 0 aromatic heterocycles. The minimum atomic E-state index is 0.201. The van der Waals surface area contributed by atoms with Crippen molar-refractivity contribution < 1.29 is 14.2 Å². The number of hydrogen-bond donors (Lipinski definition) is 1. The van der Waals surface area contributed by atoms with Crippen molar-refractivity contribution >= 4 is 17.2 Å². The number of benzene rings is 1. The summed E-state index contributed by atoms with van der Waals surface area (Å²) in [6.45, 7) is 0.201. The maximum atomic E-state index is 5.51. The average molecular weight is 211 g/mol. The smallest absolute Gasteiger partial charge is 0.231 e. The summed E-state index contributed by atoms with van der Waals surface area (Å²) >= 11 is 4.87. The maximum absolute atomic E-state index is 5.51. The lowest BCUT2D eigenvalue weighted by Gasteiger charge is -2.06. The van der Waals surface area contributed by atoms with Gasteiger partial charge in [0.25, 0.3) is 0 Å². The molecule has 1 heterocycles. The van der Waals surface area contributed by atoms with Crippen LogP contribution in [0.4, 0.5) is 0 Å². The first kappa shape index (κ1) is 9.08. The Labute approximate surface area is 86.6 Å². The standard InChI is InChI=1S/C9H9NO3S/c1-11-6-2-5(9(10)14)3-7-8(6)13-4-12-7/h2-3H,4H2,1H3,(H2,10,14). The van der Waals surface area contributed by atoms with Crippen LogP contribution in [0.3, 0.4) is 0 Å². The first-order valence-corrected chi connectivity index (χ1v) is 4.40. The minimum Gasteiger partial charge on any atom is -0.493 e. The van der Waals surface area contributed by atoms with E-state index in [0.717, 1.165) is 0 Å². The van der Waals surface area contributed by atoms with Gasteiger partial charge in [0.2, 0.25) is 12.5 Å². The third-order valence-electron chi connectivity index (χ3n) is 1.94. The van der Waals surface area contributed by atoms with Gasteiger partial charge in [-0.1, -0.05) is 12.2 Å². The molecule has 0 atom stereocenters. The first-order valence-electron chi connectivity index (χ1n) is 4.00. The van der Waals surface area contributed by atoms with Crippen molar-refractivity contribution in [2.24, 2.45) is 5.73 Å². The Kier molecular flexibility index (Phi) is 2.17. The zero-order valence-corrected chi connectivity index (χ0v) is 8.39. The zero-order chi connectivity index (χ0) is 10.1. The normalized spacial score (nSPS) is 12.6. The molecule has 1 aliphatic heterocycles. The number of thiocarbonyl (C=S) groups is 1. The number of ether oxygens (including phenoxy) is 3. The molecule has 0 aliphatic carbocycles. The van der Waals surface area contributed by atoms with Gasteiger partial charge in [0.05, 0.1) is 7.11 Å². The molecule has 0 amide bonds. The molecular weight excluding hydrogens is 202 g/mol. The van der Waals surface area contributed by atoms with E-state index in [1.54, 1.807) is 19.2 Å². The Morgan fingerprint density at radius 1 is 1.50 bits per heavy atom. The summed E-state index contributed by atoms with van der Waals surface area (Å²) in [4.78, 5) is 0.307. The number of fused-ring (bicyclic) bond motifs is 1. The van der Waals surface area contributed by atoms with Crippen LogP contribution in [0, 0.1) is 0 Å². The van der Waals surface area contributed by atoms with Gasteiger partial charge in [-0.3, -0.25) is 0 Å². The van der Waals surface area contributed by atoms with Crippen LogP contribution in [-0.2, 0) is 0 Å². The second-order valence-corrected chi connectivity index (χ2v) is 3.22. The molecule has 4 nitrogen and oxygen atoms in total. The Balaban J connectivity index is 2.54. The molecule has 0 saturated heterocycles. The quantitative estimate of drug-likeness (QED) is 0.741. The van der Waals surface area contributed by atoms with Crippen LogP contribution in [0.15, 0.2) is 12.1 Å². The predicted molar refractivity (Wildman–Crippen MR) is 55.0 cm³/mol. The van der Waals surface area contributed by atoms with Gasteiger partial charge >= 0.3 is 0 Å². The highest BCUT2D eigenvalue weighted by Crippen LogP contribution is 2.41. The third-order valence-corrected chi connectivity index (χ3v) is 2.18. The van der Waals surface area contributed by atoms with Crippen LogP contribution in [0.25, 0.3) is 0 Å². The van der Waals surface area contributed by atoms with Gasteiger partial charge in [-0.2, -0.15) is 0 Å². The van der Waals surface area contributed by atoms with Crippen molar-refractivity contribution in [3.8, 4) is 17.2 Å². The molecule has 2 N–H and O–H groups in total. The minimum absolute atomic E-state index is 0.201. The summed E-state index contributed by atoms with van der Waals surface area (Å²) in [7, 11) is 1.56. The van der Waals surface area contributed by atoms with E-state index in [4.69, 9.17) is 32.2 Å². The molecule has 1 aromatic carbocycles. The number of hydrogen-bond acceptors (Lipinski definition) is 4. The molecule has 0 fully saturated rings. The van der Waals surface area contributed by atoms with Gasteiger partial charge in [-0.15, -0.1) is 0 Å². The van der Waals surface area contributed by atoms with Crippen LogP contribution in [0.5, 0.6) is 17.2 Å². The number of nitrogens with two attached hydrogens (primary N) is 1. The fourth-order valence-corrected chi connectivity index (χ4v) is 1.39. The maximum Gasteiger partial charge on any atom is 0.231 e. The van der Waals surface area contributed by atoms with Gasteiger partial charge in [0, 0.05) is 5.56 Å². The first-order chi connectivity index (χ1) is 6.72. The van der Waals surface area contributed by atoms with Crippen molar-refractivity contribution in [1.82, 2.24) is 0 Å². The molecule has 0 unspecified atom stereocenters. The zero-order valence-electron chi connectivity index (χ0n) is 7.57. The van der Waals surface area contributed by atoms with Crippen molar-refractivity contribution in [3.05, 3.63) is 17.7 Å². The highest BCUT2D eigenvalue weighted by atomic mass is 32.1. The second-order valence-electron chi connectivity index (χ2n) is 2.78. The van der Waals surface area contributed by atoms with E-state index in [2.05, 4.69) is 0 Å². The third kappa shape index (κ3) is 1.35. The van der Waals surface area contributed by atoms with E-state index in [1.807, 2.05) is 0 Å². The molecule has 0 saturated carbocycles. The van der Waals surface area contributed by atoms with Gasteiger partial charge in [0.1, 0.15) is 4.99 Å². The van der Waals surface area contributed by atoms with E-state index in [1.165, 1.54) is 0 Å². The van der Waals surface area contributed by atoms with E-state index < -0.39 is 0 Å². The topological polar surface area (TPSA) is 53.7 Å². The lowest BCUT2D eigenvalue weighted by molar-refractivity contribution is 0.171. The lowest BCUT2D eigenvalue weighted by atomic mass is 10.2. The largest absolute Gasteiger partial charge is 0.493 e. The monoisotopic (exact) mass is 211 g/mol. The second kappa shape index (κ2) is 3.34. The Hall–Kier alpha value is -1.49. The van der Waals surface area contributed by atoms with Crippen LogP contribution < -0.4 is 19.9 Å². The van der Waals surface area contributed by atoms with Crippen molar-refractivity contribution in [2.75, 3.05) is 13.9 Å². The summed E-state index contributed by atoms with van der Waals surface area (Å²) in [5, 5.41) is 0. The number of rotatable bonds is 2. The number of methoxy groups -OCH3 is 1. The molecule has 1 aromatic rings. The Morgan fingerprint density at radius 3 is 2.93 bits per heavy atom. The van der Waals surface area contributed by atoms with Crippen LogP contribution in [-0.4, -0.2) is 18.9 Å². The van der Waals surface area contributed by atoms with Gasteiger partial charge in [-0.25, -0.2) is 0 Å². The summed E-state index contributed by atoms with van der Waals surface area (Å²) in [5.41, 5.74) is 6.22. The highest BCUT2D eigenvalue weighted by Gasteiger charge is 2.20. The van der Waals surface area contributed by atoms with E-state index in [0.29, 0.717) is 27.8 Å². The van der Waals surface area contributed by atoms with E-state index in [-0.39, 0.29) is 6.79 Å². The van der Waals surface area contributed by atoms with Crippen molar-refractivity contribution in [1.29, 1.82) is 0 Å². The van der Waals surface area contributed by atoms with Crippen LogP contribution >= 0.6 is 12.2 Å². The van der Waals surface area contributed by atoms with Gasteiger partial charge in [-0.05, 0) is 12.1 Å². The highest BCUT2D eigenvalue weighted by molar-refractivity contribution is 7.80. The molecule has 0 spiro atoms. The Bertz CT molecular complexity index is 392. The van der Waals surface area contributed by atoms with Gasteiger partial charge in [0.15, 0.2) is 11.5 Å². The molecule has 0 radical (unpaired) electrons. The van der Waals surface area contributed by atoms with Crippen molar-refractivity contribution in [3.63, 3.8) is 0 Å². The predicted octanol–water partition coefficient (Wildman–Crippen LogP) is 1.06. The molecular formula is C9H9NO3S. The average Bonchev–Trinajstić information content (AvgIpc) is 2.63. The fraction of sp³-hybridized carbons (Fsp3) is 0.222. The van der Waals surface area contributed by atoms with E-state index in [9.17, 15) is 0 Å². The lowest BCUT2D eigenvalue weighted by Crippen LogP contribution is -2.09. The molecule has 14 heavy (non-hydrogen) atoms. The molecule has 5 heteroatoms. The Morgan fingerprint density at radius 2 is 2.29 bits per heavy atom. The van der Waals surface area contributed by atoms with Crippen LogP contribution in [0.2, 0.25) is 0 Å². The molecule has 1 aliphatic rings. The van der Waals surface area contributed by atoms with Gasteiger partial charge < -0.3 is 19.9 Å². The summed E-state index contributed by atoms with van der Waals surface area (Å²) < 4.78 is 15.6. The summed E-state index contributed by atoms with van der Waals surface area (Å²) in [5.74, 6) is 1.81. The molecule has 74 valence electrons.